The van der Waals surface area contributed by atoms with Crippen molar-refractivity contribution in [2.45, 2.75) is 13.1 Å². The van der Waals surface area contributed by atoms with Crippen molar-refractivity contribution in [2.24, 2.45) is 0 Å². The molecule has 1 heterocycles. The zero-order chi connectivity index (χ0) is 17.3. The Morgan fingerprint density at radius 1 is 1.12 bits per heavy atom. The van der Waals surface area contributed by atoms with Crippen LogP contribution in [-0.2, 0) is 10.9 Å². The number of carbonyl (C=O) groups excluding carboxylic acids is 1. The monoisotopic (exact) mass is 333 g/mol. The zero-order valence-corrected chi connectivity index (χ0v) is 12.8. The summed E-state index contributed by atoms with van der Waals surface area (Å²) in [5.74, 6) is -0.435. The Labute approximate surface area is 136 Å². The van der Waals surface area contributed by atoms with Crippen LogP contribution in [-0.4, -0.2) is 17.1 Å². The molecule has 0 fully saturated rings. The summed E-state index contributed by atoms with van der Waals surface area (Å²) in [5.41, 5.74) is 1.01. The first-order valence-corrected chi connectivity index (χ1v) is 7.36. The Balaban J connectivity index is 2.04. The van der Waals surface area contributed by atoms with Gasteiger partial charge in [0.05, 0.1) is 23.3 Å². The van der Waals surface area contributed by atoms with Crippen LogP contribution in [0.4, 0.5) is 13.2 Å². The number of ether oxygens (including phenoxy) is 1. The molecule has 0 spiro atoms. The van der Waals surface area contributed by atoms with Gasteiger partial charge in [0.15, 0.2) is 0 Å². The smallest absolute Gasteiger partial charge is 0.416 e. The maximum Gasteiger partial charge on any atom is 0.416 e. The summed E-state index contributed by atoms with van der Waals surface area (Å²) in [6.07, 6.45) is -2.70. The molecule has 0 amide bonds. The van der Waals surface area contributed by atoms with Crippen LogP contribution < -0.4 is 0 Å². The summed E-state index contributed by atoms with van der Waals surface area (Å²) in [4.78, 5) is 11.8. The minimum absolute atomic E-state index is 0.274. The molecule has 0 aliphatic heterocycles. The highest BCUT2D eigenvalue weighted by atomic mass is 19.4. The number of aromatic nitrogens is 1. The third-order valence-corrected chi connectivity index (χ3v) is 3.65. The van der Waals surface area contributed by atoms with Crippen LogP contribution in [0.2, 0.25) is 0 Å². The molecule has 0 atom stereocenters. The Hall–Kier alpha value is -2.76. The molecular weight excluding hydrogens is 319 g/mol. The lowest BCUT2D eigenvalue weighted by Crippen LogP contribution is -2.05. The van der Waals surface area contributed by atoms with E-state index in [0.717, 1.165) is 12.1 Å². The van der Waals surface area contributed by atoms with E-state index in [4.69, 9.17) is 4.74 Å². The SMILES string of the molecule is CCOC(=O)c1cccc(-n2ccc3cc(C(F)(F)F)ccc32)c1. The van der Waals surface area contributed by atoms with Gasteiger partial charge in [0, 0.05) is 17.3 Å². The average Bonchev–Trinajstić information content (AvgIpc) is 2.97. The Bertz CT molecular complexity index is 897. The fourth-order valence-corrected chi connectivity index (χ4v) is 2.54. The number of hydrogen-bond donors (Lipinski definition) is 0. The highest BCUT2D eigenvalue weighted by molar-refractivity contribution is 5.90. The largest absolute Gasteiger partial charge is 0.462 e. The van der Waals surface area contributed by atoms with E-state index in [0.29, 0.717) is 22.2 Å². The van der Waals surface area contributed by atoms with Gasteiger partial charge in [-0.25, -0.2) is 4.79 Å². The first-order valence-electron chi connectivity index (χ1n) is 7.36. The topological polar surface area (TPSA) is 31.2 Å². The van der Waals surface area contributed by atoms with Crippen molar-refractivity contribution in [3.05, 3.63) is 65.9 Å². The van der Waals surface area contributed by atoms with Gasteiger partial charge in [-0.2, -0.15) is 13.2 Å². The number of fused-ring (bicyclic) bond motifs is 1. The number of benzene rings is 2. The molecule has 6 heteroatoms. The van der Waals surface area contributed by atoms with E-state index < -0.39 is 17.7 Å². The molecule has 0 unspecified atom stereocenters. The molecule has 2 aromatic carbocycles. The van der Waals surface area contributed by atoms with Crippen molar-refractivity contribution >= 4 is 16.9 Å². The lowest BCUT2D eigenvalue weighted by Gasteiger charge is -2.09. The van der Waals surface area contributed by atoms with Crippen molar-refractivity contribution < 1.29 is 22.7 Å². The van der Waals surface area contributed by atoms with Gasteiger partial charge < -0.3 is 9.30 Å². The van der Waals surface area contributed by atoms with E-state index in [9.17, 15) is 18.0 Å². The molecule has 3 nitrogen and oxygen atoms in total. The van der Waals surface area contributed by atoms with Crippen LogP contribution in [0.15, 0.2) is 54.7 Å². The second-order valence-corrected chi connectivity index (χ2v) is 5.23. The summed E-state index contributed by atoms with van der Waals surface area (Å²) >= 11 is 0. The first-order chi connectivity index (χ1) is 11.4. The van der Waals surface area contributed by atoms with Crippen LogP contribution in [0.1, 0.15) is 22.8 Å². The highest BCUT2D eigenvalue weighted by Gasteiger charge is 2.30. The second kappa shape index (κ2) is 6.03. The Morgan fingerprint density at radius 2 is 1.92 bits per heavy atom. The number of rotatable bonds is 3. The second-order valence-electron chi connectivity index (χ2n) is 5.23. The number of carbonyl (C=O) groups is 1. The van der Waals surface area contributed by atoms with Gasteiger partial charge in [-0.3, -0.25) is 0 Å². The predicted molar refractivity (Wildman–Crippen MR) is 84.2 cm³/mol. The Kier molecular flexibility index (Phi) is 4.05. The average molecular weight is 333 g/mol. The third-order valence-electron chi connectivity index (χ3n) is 3.65. The maximum atomic E-state index is 12.8. The van der Waals surface area contributed by atoms with Crippen molar-refractivity contribution in [1.82, 2.24) is 4.57 Å². The molecule has 1 aromatic heterocycles. The predicted octanol–water partition coefficient (Wildman–Crippen LogP) is 4.83. The normalized spacial score (nSPS) is 11.7. The maximum absolute atomic E-state index is 12.8. The van der Waals surface area contributed by atoms with Crippen molar-refractivity contribution in [1.29, 1.82) is 0 Å². The van der Waals surface area contributed by atoms with E-state index in [1.807, 2.05) is 0 Å². The summed E-state index contributed by atoms with van der Waals surface area (Å²) in [5, 5.41) is 0.478. The molecule has 0 bridgehead atoms. The molecule has 0 radical (unpaired) electrons. The number of hydrogen-bond acceptors (Lipinski definition) is 2. The molecule has 3 aromatic rings. The molecule has 0 saturated heterocycles. The van der Waals surface area contributed by atoms with Crippen molar-refractivity contribution in [3.63, 3.8) is 0 Å². The molecule has 0 aliphatic carbocycles. The number of nitrogens with zero attached hydrogens (tertiary/aromatic N) is 1. The van der Waals surface area contributed by atoms with Crippen LogP contribution >= 0.6 is 0 Å². The van der Waals surface area contributed by atoms with Crippen LogP contribution in [0, 0.1) is 0 Å². The molecule has 24 heavy (non-hydrogen) atoms. The molecule has 124 valence electrons. The fraction of sp³-hybridized carbons (Fsp3) is 0.167. The van der Waals surface area contributed by atoms with E-state index in [-0.39, 0.29) is 6.61 Å². The quantitative estimate of drug-likeness (QED) is 0.643. The summed E-state index contributed by atoms with van der Waals surface area (Å²) < 4.78 is 45.1. The van der Waals surface area contributed by atoms with Gasteiger partial charge in [0.25, 0.3) is 0 Å². The first kappa shape index (κ1) is 16.1. The zero-order valence-electron chi connectivity index (χ0n) is 12.8. The van der Waals surface area contributed by atoms with Gasteiger partial charge in [-0.15, -0.1) is 0 Å². The van der Waals surface area contributed by atoms with Gasteiger partial charge in [0.1, 0.15) is 0 Å². The molecule has 3 rings (SSSR count). The summed E-state index contributed by atoms with van der Waals surface area (Å²) in [6, 6.07) is 12.0. The van der Waals surface area contributed by atoms with Crippen molar-refractivity contribution in [2.75, 3.05) is 6.61 Å². The van der Waals surface area contributed by atoms with Gasteiger partial charge in [-0.05, 0) is 49.4 Å². The number of esters is 1. The van der Waals surface area contributed by atoms with Gasteiger partial charge in [0.2, 0.25) is 0 Å². The standard InChI is InChI=1S/C18H14F3NO2/c1-2-24-17(23)13-4-3-5-15(11-13)22-9-8-12-10-14(18(19,20)21)6-7-16(12)22/h3-11H,2H2,1H3. The lowest BCUT2D eigenvalue weighted by atomic mass is 10.1. The van der Waals surface area contributed by atoms with Crippen LogP contribution in [0.5, 0.6) is 0 Å². The minimum atomic E-state index is -4.37. The van der Waals surface area contributed by atoms with E-state index in [1.54, 1.807) is 48.0 Å². The van der Waals surface area contributed by atoms with Gasteiger partial charge >= 0.3 is 12.1 Å². The van der Waals surface area contributed by atoms with E-state index >= 15 is 0 Å². The summed E-state index contributed by atoms with van der Waals surface area (Å²) in [6.45, 7) is 2.00. The molecular formula is C18H14F3NO2. The number of alkyl halides is 3. The van der Waals surface area contributed by atoms with Crippen LogP contribution in [0.3, 0.4) is 0 Å². The molecule has 0 saturated carbocycles. The van der Waals surface area contributed by atoms with Crippen LogP contribution in [0.25, 0.3) is 16.6 Å². The fourth-order valence-electron chi connectivity index (χ4n) is 2.54. The molecule has 0 aliphatic rings. The van der Waals surface area contributed by atoms with Crippen molar-refractivity contribution in [3.8, 4) is 5.69 Å². The van der Waals surface area contributed by atoms with E-state index in [1.165, 1.54) is 6.07 Å². The summed E-state index contributed by atoms with van der Waals surface area (Å²) in [7, 11) is 0. The highest BCUT2D eigenvalue weighted by Crippen LogP contribution is 2.32. The third kappa shape index (κ3) is 2.99. The number of halogens is 3. The minimum Gasteiger partial charge on any atom is -0.462 e. The molecule has 0 N–H and O–H groups in total. The van der Waals surface area contributed by atoms with E-state index in [2.05, 4.69) is 0 Å². The lowest BCUT2D eigenvalue weighted by molar-refractivity contribution is -0.137. The Morgan fingerprint density at radius 3 is 2.62 bits per heavy atom. The van der Waals surface area contributed by atoms with Gasteiger partial charge in [-0.1, -0.05) is 6.07 Å².